The third-order valence-electron chi connectivity index (χ3n) is 4.39. The minimum atomic E-state index is -0.793. The molecule has 0 saturated heterocycles. The number of halogens is 1. The first kappa shape index (κ1) is 17.0. The summed E-state index contributed by atoms with van der Waals surface area (Å²) < 4.78 is 1.69. The van der Waals surface area contributed by atoms with Crippen molar-refractivity contribution in [3.8, 4) is 17.3 Å². The van der Waals surface area contributed by atoms with E-state index in [1.807, 2.05) is 13.0 Å². The van der Waals surface area contributed by atoms with Crippen molar-refractivity contribution in [3.05, 3.63) is 40.5 Å². The van der Waals surface area contributed by atoms with Crippen molar-refractivity contribution >= 4 is 23.5 Å². The molecule has 0 saturated carbocycles. The SMILES string of the molecule is CN1C(=O)C[C@@](C)(c2cc(-c3ccc(Cl)c(C#N)c3)nn2C)N=C1N. The topological polar surface area (TPSA) is 100 Å². The van der Waals surface area contributed by atoms with Crippen LogP contribution < -0.4 is 5.73 Å². The molecule has 2 heterocycles. The lowest BCUT2D eigenvalue weighted by atomic mass is 9.91. The number of aryl methyl sites for hydroxylation is 1. The Labute approximate surface area is 150 Å². The summed E-state index contributed by atoms with van der Waals surface area (Å²) in [5.41, 5.74) is 7.67. The Morgan fingerprint density at radius 2 is 2.08 bits per heavy atom. The molecule has 2 aromatic rings. The van der Waals surface area contributed by atoms with Crippen molar-refractivity contribution < 1.29 is 4.79 Å². The summed E-state index contributed by atoms with van der Waals surface area (Å²) in [6.07, 6.45) is 0.202. The van der Waals surface area contributed by atoms with E-state index >= 15 is 0 Å². The number of hydrogen-bond donors (Lipinski definition) is 1. The third kappa shape index (κ3) is 2.85. The van der Waals surface area contributed by atoms with Gasteiger partial charge in [0.1, 0.15) is 11.6 Å². The first-order valence-electron chi connectivity index (χ1n) is 7.61. The fraction of sp³-hybridized carbons (Fsp3) is 0.294. The van der Waals surface area contributed by atoms with Gasteiger partial charge < -0.3 is 5.73 Å². The monoisotopic (exact) mass is 356 g/mol. The zero-order chi connectivity index (χ0) is 18.4. The number of carbonyl (C=O) groups is 1. The number of amides is 1. The van der Waals surface area contributed by atoms with Crippen molar-refractivity contribution in [3.63, 3.8) is 0 Å². The quantitative estimate of drug-likeness (QED) is 0.889. The number of guanidine groups is 1. The Morgan fingerprint density at radius 3 is 2.72 bits per heavy atom. The molecule has 25 heavy (non-hydrogen) atoms. The third-order valence-corrected chi connectivity index (χ3v) is 4.72. The van der Waals surface area contributed by atoms with Crippen molar-refractivity contribution in [1.29, 1.82) is 5.26 Å². The molecule has 1 aliphatic rings. The molecule has 1 aliphatic heterocycles. The minimum absolute atomic E-state index is 0.101. The molecule has 0 radical (unpaired) electrons. The van der Waals surface area contributed by atoms with E-state index in [0.29, 0.717) is 16.3 Å². The van der Waals surface area contributed by atoms with Crippen molar-refractivity contribution in [2.45, 2.75) is 18.9 Å². The smallest absolute Gasteiger partial charge is 0.231 e. The lowest BCUT2D eigenvalue weighted by Crippen LogP contribution is -2.48. The molecule has 0 aliphatic carbocycles. The zero-order valence-corrected chi connectivity index (χ0v) is 14.9. The first-order valence-corrected chi connectivity index (χ1v) is 7.99. The van der Waals surface area contributed by atoms with Gasteiger partial charge in [-0.05, 0) is 25.1 Å². The second-order valence-corrected chi connectivity index (χ2v) is 6.63. The summed E-state index contributed by atoms with van der Waals surface area (Å²) in [6.45, 7) is 1.86. The predicted octanol–water partition coefficient (Wildman–Crippen LogP) is 2.00. The molecule has 1 amide bonds. The predicted molar refractivity (Wildman–Crippen MR) is 94.7 cm³/mol. The van der Waals surface area contributed by atoms with E-state index in [-0.39, 0.29) is 18.3 Å². The first-order chi connectivity index (χ1) is 11.7. The molecule has 2 N–H and O–H groups in total. The average molecular weight is 357 g/mol. The molecule has 128 valence electrons. The fourth-order valence-corrected chi connectivity index (χ4v) is 3.10. The number of nitrogens with zero attached hydrogens (tertiary/aromatic N) is 5. The number of aliphatic imine (C=N–C) groups is 1. The zero-order valence-electron chi connectivity index (χ0n) is 14.1. The van der Waals surface area contributed by atoms with E-state index in [0.717, 1.165) is 11.3 Å². The van der Waals surface area contributed by atoms with Gasteiger partial charge in [-0.3, -0.25) is 14.4 Å². The molecule has 0 unspecified atom stereocenters. The molecule has 8 heteroatoms. The fourth-order valence-electron chi connectivity index (χ4n) is 2.94. The molecule has 1 atom stereocenters. The Balaban J connectivity index is 2.07. The lowest BCUT2D eigenvalue weighted by Gasteiger charge is -2.33. The largest absolute Gasteiger partial charge is 0.369 e. The Kier molecular flexibility index (Phi) is 4.01. The maximum atomic E-state index is 12.2. The van der Waals surface area contributed by atoms with Gasteiger partial charge in [0.05, 0.1) is 28.4 Å². The van der Waals surface area contributed by atoms with Gasteiger partial charge in [-0.2, -0.15) is 10.4 Å². The summed E-state index contributed by atoms with van der Waals surface area (Å²) in [5.74, 6) is 0.0794. The highest BCUT2D eigenvalue weighted by atomic mass is 35.5. The highest BCUT2D eigenvalue weighted by Crippen LogP contribution is 2.35. The molecular formula is C17H17ClN6O. The van der Waals surface area contributed by atoms with Gasteiger partial charge >= 0.3 is 0 Å². The number of benzene rings is 1. The molecular weight excluding hydrogens is 340 g/mol. The highest BCUT2D eigenvalue weighted by molar-refractivity contribution is 6.31. The number of nitriles is 1. The average Bonchev–Trinajstić information content (AvgIpc) is 2.96. The number of aromatic nitrogens is 2. The highest BCUT2D eigenvalue weighted by Gasteiger charge is 2.38. The van der Waals surface area contributed by atoms with Crippen LogP contribution in [0.5, 0.6) is 0 Å². The second-order valence-electron chi connectivity index (χ2n) is 6.22. The van der Waals surface area contributed by atoms with Crippen molar-refractivity contribution in [1.82, 2.24) is 14.7 Å². The maximum Gasteiger partial charge on any atom is 0.231 e. The number of nitrogens with two attached hydrogens (primary N) is 1. The molecule has 0 bridgehead atoms. The Bertz CT molecular complexity index is 941. The van der Waals surface area contributed by atoms with E-state index in [1.165, 1.54) is 4.90 Å². The van der Waals surface area contributed by atoms with Crippen LogP contribution in [0.4, 0.5) is 0 Å². The molecule has 0 fully saturated rings. The molecule has 1 aromatic carbocycles. The molecule has 7 nitrogen and oxygen atoms in total. The lowest BCUT2D eigenvalue weighted by molar-refractivity contribution is -0.128. The molecule has 1 aromatic heterocycles. The second kappa shape index (κ2) is 5.90. The summed E-state index contributed by atoms with van der Waals surface area (Å²) >= 11 is 5.99. The molecule has 3 rings (SSSR count). The van der Waals surface area contributed by atoms with Crippen LogP contribution in [0.1, 0.15) is 24.6 Å². The van der Waals surface area contributed by atoms with Crippen LogP contribution in [0, 0.1) is 11.3 Å². The summed E-state index contributed by atoms with van der Waals surface area (Å²) in [7, 11) is 3.40. The van der Waals surface area contributed by atoms with E-state index in [1.54, 1.807) is 37.0 Å². The van der Waals surface area contributed by atoms with Crippen LogP contribution in [0.25, 0.3) is 11.3 Å². The summed E-state index contributed by atoms with van der Waals surface area (Å²) in [5, 5.41) is 14.0. The van der Waals surface area contributed by atoms with Gasteiger partial charge in [-0.15, -0.1) is 0 Å². The Morgan fingerprint density at radius 1 is 1.36 bits per heavy atom. The van der Waals surface area contributed by atoms with Gasteiger partial charge in [-0.1, -0.05) is 17.7 Å². The van der Waals surface area contributed by atoms with Crippen molar-refractivity contribution in [2.75, 3.05) is 7.05 Å². The van der Waals surface area contributed by atoms with Gasteiger partial charge in [-0.25, -0.2) is 4.99 Å². The van der Waals surface area contributed by atoms with Gasteiger partial charge in [0, 0.05) is 19.7 Å². The normalized spacial score (nSPS) is 20.4. The van der Waals surface area contributed by atoms with E-state index in [9.17, 15) is 4.79 Å². The Hall–Kier alpha value is -2.85. The standard InChI is InChI=1S/C17H17ClN6O/c1-17(8-15(25)23(2)16(20)21-17)14-7-13(22-24(14)3)10-4-5-12(18)11(6-10)9-19/h4-7H,8H2,1-3H3,(H2,20,21)/t17-/m0/s1. The number of hydrogen-bond acceptors (Lipinski definition) is 5. The van der Waals surface area contributed by atoms with Gasteiger partial charge in [0.25, 0.3) is 0 Å². The molecule has 0 spiro atoms. The van der Waals surface area contributed by atoms with Gasteiger partial charge in [0.2, 0.25) is 5.91 Å². The number of rotatable bonds is 2. The van der Waals surface area contributed by atoms with E-state index in [4.69, 9.17) is 22.6 Å². The van der Waals surface area contributed by atoms with Crippen LogP contribution >= 0.6 is 11.6 Å². The van der Waals surface area contributed by atoms with Crippen LogP contribution in [0.15, 0.2) is 29.3 Å². The maximum absolute atomic E-state index is 12.2. The van der Waals surface area contributed by atoms with E-state index < -0.39 is 5.54 Å². The number of carbonyl (C=O) groups excluding carboxylic acids is 1. The van der Waals surface area contributed by atoms with Gasteiger partial charge in [0.15, 0.2) is 5.96 Å². The van der Waals surface area contributed by atoms with E-state index in [2.05, 4.69) is 16.2 Å². The van der Waals surface area contributed by atoms with Crippen LogP contribution in [-0.2, 0) is 17.4 Å². The minimum Gasteiger partial charge on any atom is -0.369 e. The van der Waals surface area contributed by atoms with Crippen LogP contribution in [0.2, 0.25) is 5.02 Å². The summed E-state index contributed by atoms with van der Waals surface area (Å²) in [4.78, 5) is 18.0. The summed E-state index contributed by atoms with van der Waals surface area (Å²) in [6, 6.07) is 9.08. The van der Waals surface area contributed by atoms with Crippen LogP contribution in [-0.4, -0.2) is 33.6 Å². The van der Waals surface area contributed by atoms with Crippen LogP contribution in [0.3, 0.4) is 0 Å². The van der Waals surface area contributed by atoms with Crippen molar-refractivity contribution in [2.24, 2.45) is 17.8 Å².